The van der Waals surface area contributed by atoms with Crippen molar-refractivity contribution >= 4 is 10.9 Å². The second-order valence-corrected chi connectivity index (χ2v) is 3.92. The third kappa shape index (κ3) is 1.50. The molecule has 0 amide bonds. The lowest BCUT2D eigenvalue weighted by Gasteiger charge is -2.09. The first-order chi connectivity index (χ1) is 7.11. The Bertz CT molecular complexity index is 555. The molecular formula is C12H13NO2. The molecule has 1 heterocycles. The molecule has 0 aliphatic rings. The number of rotatable bonds is 1. The molecule has 0 unspecified atom stereocenters. The summed E-state index contributed by atoms with van der Waals surface area (Å²) in [6.45, 7) is 3.78. The highest BCUT2D eigenvalue weighted by Crippen LogP contribution is 2.28. The summed E-state index contributed by atoms with van der Waals surface area (Å²) in [5.41, 5.74) is 0.916. The fraction of sp³-hybridized carbons (Fsp3) is 0.250. The molecule has 0 radical (unpaired) electrons. The van der Waals surface area contributed by atoms with Crippen molar-refractivity contribution in [1.82, 2.24) is 4.98 Å². The van der Waals surface area contributed by atoms with Crippen molar-refractivity contribution in [3.63, 3.8) is 0 Å². The number of aromatic amines is 1. The third-order valence-corrected chi connectivity index (χ3v) is 2.51. The lowest BCUT2D eigenvalue weighted by molar-refractivity contribution is 0.469. The Kier molecular flexibility index (Phi) is 2.23. The van der Waals surface area contributed by atoms with E-state index in [2.05, 4.69) is 4.98 Å². The lowest BCUT2D eigenvalue weighted by Crippen LogP contribution is -2.13. The molecule has 2 rings (SSSR count). The van der Waals surface area contributed by atoms with E-state index in [0.717, 1.165) is 0 Å². The topological polar surface area (TPSA) is 53.1 Å². The van der Waals surface area contributed by atoms with E-state index in [4.69, 9.17) is 0 Å². The van der Waals surface area contributed by atoms with Crippen LogP contribution in [0.15, 0.2) is 29.1 Å². The van der Waals surface area contributed by atoms with Crippen molar-refractivity contribution in [3.8, 4) is 5.75 Å². The average molecular weight is 203 g/mol. The largest absolute Gasteiger partial charge is 0.507 e. The normalized spacial score (nSPS) is 11.1. The van der Waals surface area contributed by atoms with Gasteiger partial charge in [0.05, 0.1) is 11.1 Å². The summed E-state index contributed by atoms with van der Waals surface area (Å²) in [7, 11) is 0. The van der Waals surface area contributed by atoms with Gasteiger partial charge in [0.1, 0.15) is 5.75 Å². The predicted octanol–water partition coefficient (Wildman–Crippen LogP) is 2.36. The monoisotopic (exact) mass is 203 g/mol. The molecule has 0 bridgehead atoms. The van der Waals surface area contributed by atoms with Crippen LogP contribution in [0, 0.1) is 0 Å². The first kappa shape index (κ1) is 9.77. The number of hydrogen-bond acceptors (Lipinski definition) is 2. The number of aromatic hydroxyl groups is 1. The molecule has 78 valence electrons. The minimum absolute atomic E-state index is 0.0124. The molecule has 0 fully saturated rings. The number of benzene rings is 1. The van der Waals surface area contributed by atoms with Gasteiger partial charge in [-0.2, -0.15) is 0 Å². The predicted molar refractivity (Wildman–Crippen MR) is 60.3 cm³/mol. The molecule has 0 aliphatic heterocycles. The molecule has 2 N–H and O–H groups in total. The number of hydrogen-bond donors (Lipinski definition) is 2. The zero-order valence-electron chi connectivity index (χ0n) is 8.74. The third-order valence-electron chi connectivity index (χ3n) is 2.51. The van der Waals surface area contributed by atoms with E-state index >= 15 is 0 Å². The van der Waals surface area contributed by atoms with Crippen LogP contribution in [0.2, 0.25) is 0 Å². The number of aromatic nitrogens is 1. The summed E-state index contributed by atoms with van der Waals surface area (Å²) in [5, 5.41) is 10.7. The summed E-state index contributed by atoms with van der Waals surface area (Å²) in [5.74, 6) is 0.114. The van der Waals surface area contributed by atoms with Crippen LogP contribution in [0.5, 0.6) is 5.75 Å². The summed E-state index contributed by atoms with van der Waals surface area (Å²) in [4.78, 5) is 14.4. The van der Waals surface area contributed by atoms with Crippen molar-refractivity contribution in [2.24, 2.45) is 0 Å². The number of para-hydroxylation sites is 1. The fourth-order valence-electron chi connectivity index (χ4n) is 1.78. The van der Waals surface area contributed by atoms with E-state index in [1.807, 2.05) is 26.0 Å². The van der Waals surface area contributed by atoms with Crippen molar-refractivity contribution in [3.05, 3.63) is 40.2 Å². The molecule has 2 aromatic rings. The van der Waals surface area contributed by atoms with Gasteiger partial charge in [-0.25, -0.2) is 0 Å². The van der Waals surface area contributed by atoms with Gasteiger partial charge in [0.25, 0.3) is 5.56 Å². The zero-order chi connectivity index (χ0) is 11.0. The molecule has 0 aliphatic carbocycles. The van der Waals surface area contributed by atoms with E-state index < -0.39 is 0 Å². The Morgan fingerprint density at radius 3 is 2.60 bits per heavy atom. The van der Waals surface area contributed by atoms with E-state index in [1.54, 1.807) is 12.1 Å². The second kappa shape index (κ2) is 3.42. The number of pyridine rings is 1. The van der Waals surface area contributed by atoms with Crippen LogP contribution in [-0.4, -0.2) is 10.1 Å². The van der Waals surface area contributed by atoms with Gasteiger partial charge in [-0.15, -0.1) is 0 Å². The molecule has 1 aromatic carbocycles. The molecule has 3 heteroatoms. The van der Waals surface area contributed by atoms with E-state index in [9.17, 15) is 9.90 Å². The highest BCUT2D eigenvalue weighted by atomic mass is 16.3. The Labute approximate surface area is 87.4 Å². The fourth-order valence-corrected chi connectivity index (χ4v) is 1.78. The minimum Gasteiger partial charge on any atom is -0.507 e. The SMILES string of the molecule is CC(C)c1c(O)c2ccccc2[nH]c1=O. The zero-order valence-corrected chi connectivity index (χ0v) is 8.74. The maximum absolute atomic E-state index is 11.7. The highest BCUT2D eigenvalue weighted by molar-refractivity contribution is 5.85. The molecule has 0 saturated carbocycles. The van der Waals surface area contributed by atoms with Crippen LogP contribution >= 0.6 is 0 Å². The van der Waals surface area contributed by atoms with Crippen molar-refractivity contribution < 1.29 is 5.11 Å². The second-order valence-electron chi connectivity index (χ2n) is 3.92. The van der Waals surface area contributed by atoms with E-state index in [0.29, 0.717) is 16.5 Å². The van der Waals surface area contributed by atoms with Gasteiger partial charge in [-0.3, -0.25) is 4.79 Å². The molecule has 0 atom stereocenters. The van der Waals surface area contributed by atoms with Crippen LogP contribution in [-0.2, 0) is 0 Å². The van der Waals surface area contributed by atoms with Crippen LogP contribution < -0.4 is 5.56 Å². The van der Waals surface area contributed by atoms with Gasteiger partial charge in [-0.05, 0) is 18.1 Å². The molecule has 0 saturated heterocycles. The number of fused-ring (bicyclic) bond motifs is 1. The highest BCUT2D eigenvalue weighted by Gasteiger charge is 2.13. The molecule has 3 nitrogen and oxygen atoms in total. The van der Waals surface area contributed by atoms with Crippen LogP contribution in [0.4, 0.5) is 0 Å². The number of nitrogens with one attached hydrogen (secondary N) is 1. The Balaban J connectivity index is 2.90. The average Bonchev–Trinajstić information content (AvgIpc) is 2.17. The Hall–Kier alpha value is -1.77. The van der Waals surface area contributed by atoms with Gasteiger partial charge in [-0.1, -0.05) is 26.0 Å². The summed E-state index contributed by atoms with van der Waals surface area (Å²) < 4.78 is 0. The lowest BCUT2D eigenvalue weighted by atomic mass is 10.0. The van der Waals surface area contributed by atoms with E-state index in [1.165, 1.54) is 0 Å². The van der Waals surface area contributed by atoms with Crippen molar-refractivity contribution in [2.75, 3.05) is 0 Å². The smallest absolute Gasteiger partial charge is 0.255 e. The van der Waals surface area contributed by atoms with Gasteiger partial charge in [0.15, 0.2) is 0 Å². The van der Waals surface area contributed by atoms with Gasteiger partial charge < -0.3 is 10.1 Å². The van der Waals surface area contributed by atoms with E-state index in [-0.39, 0.29) is 17.2 Å². The quantitative estimate of drug-likeness (QED) is 0.747. The Morgan fingerprint density at radius 2 is 1.93 bits per heavy atom. The summed E-state index contributed by atoms with van der Waals surface area (Å²) in [6, 6.07) is 7.24. The molecule has 0 spiro atoms. The Morgan fingerprint density at radius 1 is 1.27 bits per heavy atom. The minimum atomic E-state index is -0.207. The van der Waals surface area contributed by atoms with Crippen molar-refractivity contribution in [1.29, 1.82) is 0 Å². The van der Waals surface area contributed by atoms with Gasteiger partial charge in [0, 0.05) is 5.39 Å². The molecular weight excluding hydrogens is 190 g/mol. The van der Waals surface area contributed by atoms with Crippen LogP contribution in [0.3, 0.4) is 0 Å². The first-order valence-corrected chi connectivity index (χ1v) is 4.95. The summed E-state index contributed by atoms with van der Waals surface area (Å²) in [6.07, 6.45) is 0. The van der Waals surface area contributed by atoms with Crippen LogP contribution in [0.25, 0.3) is 10.9 Å². The van der Waals surface area contributed by atoms with Gasteiger partial charge >= 0.3 is 0 Å². The number of H-pyrrole nitrogens is 1. The first-order valence-electron chi connectivity index (χ1n) is 4.95. The maximum Gasteiger partial charge on any atom is 0.255 e. The van der Waals surface area contributed by atoms with Gasteiger partial charge in [0.2, 0.25) is 0 Å². The summed E-state index contributed by atoms with van der Waals surface area (Å²) >= 11 is 0. The van der Waals surface area contributed by atoms with Crippen LogP contribution in [0.1, 0.15) is 25.3 Å². The molecule has 15 heavy (non-hydrogen) atoms. The standard InChI is InChI=1S/C12H13NO2/c1-7(2)10-11(14)8-5-3-4-6-9(8)13-12(10)15/h3-7H,1-2H3,(H2,13,14,15). The maximum atomic E-state index is 11.7. The van der Waals surface area contributed by atoms with Crippen molar-refractivity contribution in [2.45, 2.75) is 19.8 Å². The molecule has 1 aromatic heterocycles.